The van der Waals surface area contributed by atoms with Gasteiger partial charge in [-0.15, -0.1) is 0 Å². The fourth-order valence-corrected chi connectivity index (χ4v) is 1.90. The van der Waals surface area contributed by atoms with E-state index in [9.17, 15) is 43.9 Å². The summed E-state index contributed by atoms with van der Waals surface area (Å²) in [5, 5.41) is 0. The van der Waals surface area contributed by atoms with Gasteiger partial charge in [0.25, 0.3) is 0 Å². The predicted molar refractivity (Wildman–Crippen MR) is 62.8 cm³/mol. The van der Waals surface area contributed by atoms with E-state index in [1.165, 1.54) is 0 Å². The highest BCUT2D eigenvalue weighted by atomic mass is 19.4. The molecule has 25 heavy (non-hydrogen) atoms. The summed E-state index contributed by atoms with van der Waals surface area (Å²) in [5.41, 5.74) is -4.44. The molecule has 2 aromatic rings. The molecule has 0 saturated heterocycles. The SMILES string of the molecule is Fc1cc(Oc2cc(F)c(C(F)(F)F)c(F)c2)cc(F)c1C(F)(F)F. The number of ether oxygens (including phenoxy) is 1. The third-order valence-corrected chi connectivity index (χ3v) is 2.83. The van der Waals surface area contributed by atoms with E-state index in [1.54, 1.807) is 0 Å². The first-order valence-electron chi connectivity index (χ1n) is 6.11. The molecule has 0 aliphatic carbocycles. The zero-order chi connectivity index (χ0) is 19.2. The maximum atomic E-state index is 13.4. The van der Waals surface area contributed by atoms with Crippen molar-refractivity contribution in [1.82, 2.24) is 0 Å². The van der Waals surface area contributed by atoms with Crippen molar-refractivity contribution in [3.8, 4) is 11.5 Å². The van der Waals surface area contributed by atoms with Crippen LogP contribution in [0.25, 0.3) is 0 Å². The second-order valence-corrected chi connectivity index (χ2v) is 4.62. The Bertz CT molecular complexity index is 693. The fraction of sp³-hybridized carbons (Fsp3) is 0.143. The van der Waals surface area contributed by atoms with Crippen LogP contribution in [0.1, 0.15) is 11.1 Å². The lowest BCUT2D eigenvalue weighted by molar-refractivity contribution is -0.143. The number of hydrogen-bond acceptors (Lipinski definition) is 1. The Balaban J connectivity index is 2.42. The summed E-state index contributed by atoms with van der Waals surface area (Å²) in [6.45, 7) is 0. The number of hydrogen-bond donors (Lipinski definition) is 0. The zero-order valence-corrected chi connectivity index (χ0v) is 11.5. The smallest absolute Gasteiger partial charge is 0.422 e. The lowest BCUT2D eigenvalue weighted by Gasteiger charge is -2.13. The quantitative estimate of drug-likeness (QED) is 0.576. The topological polar surface area (TPSA) is 9.23 Å². The minimum atomic E-state index is -5.35. The lowest BCUT2D eigenvalue weighted by Crippen LogP contribution is -2.12. The molecule has 0 spiro atoms. The van der Waals surface area contributed by atoms with Crippen LogP contribution < -0.4 is 4.74 Å². The van der Waals surface area contributed by atoms with Gasteiger partial charge >= 0.3 is 12.4 Å². The van der Waals surface area contributed by atoms with Gasteiger partial charge in [-0.3, -0.25) is 0 Å². The first-order valence-corrected chi connectivity index (χ1v) is 6.11. The molecule has 0 unspecified atom stereocenters. The van der Waals surface area contributed by atoms with Gasteiger partial charge in [-0.25, -0.2) is 17.6 Å². The highest BCUT2D eigenvalue weighted by molar-refractivity contribution is 5.38. The summed E-state index contributed by atoms with van der Waals surface area (Å²) in [6.07, 6.45) is -10.7. The van der Waals surface area contributed by atoms with E-state index in [0.717, 1.165) is 0 Å². The van der Waals surface area contributed by atoms with Crippen LogP contribution in [0.15, 0.2) is 24.3 Å². The van der Waals surface area contributed by atoms with Gasteiger partial charge in [-0.2, -0.15) is 26.3 Å². The molecule has 0 N–H and O–H groups in total. The van der Waals surface area contributed by atoms with E-state index in [2.05, 4.69) is 4.74 Å². The zero-order valence-electron chi connectivity index (χ0n) is 11.5. The molecule has 0 bridgehead atoms. The van der Waals surface area contributed by atoms with Gasteiger partial charge in [0.15, 0.2) is 0 Å². The van der Waals surface area contributed by atoms with Gasteiger partial charge in [-0.05, 0) is 0 Å². The highest BCUT2D eigenvalue weighted by Gasteiger charge is 2.39. The molecule has 0 radical (unpaired) electrons. The van der Waals surface area contributed by atoms with Crippen LogP contribution >= 0.6 is 0 Å². The average molecular weight is 378 g/mol. The van der Waals surface area contributed by atoms with Crippen molar-refractivity contribution < 1.29 is 48.6 Å². The van der Waals surface area contributed by atoms with Crippen molar-refractivity contribution in [1.29, 1.82) is 0 Å². The first kappa shape index (κ1) is 18.9. The molecule has 0 amide bonds. The standard InChI is InChI=1S/C14H4F10O/c15-7-1-5(2-8(16)11(7)13(19,20)21)25-6-3-9(17)12(10(18)4-6)14(22,23)24/h1-4H. The normalized spacial score (nSPS) is 12.4. The van der Waals surface area contributed by atoms with Crippen molar-refractivity contribution in [2.45, 2.75) is 12.4 Å². The van der Waals surface area contributed by atoms with Crippen molar-refractivity contribution >= 4 is 0 Å². The van der Waals surface area contributed by atoms with Gasteiger partial charge in [0.2, 0.25) is 0 Å². The van der Waals surface area contributed by atoms with Crippen LogP contribution in [0, 0.1) is 23.3 Å². The minimum absolute atomic E-state index is 0.0688. The summed E-state index contributed by atoms with van der Waals surface area (Å²) in [5.74, 6) is -10.2. The summed E-state index contributed by atoms with van der Waals surface area (Å²) in [7, 11) is 0. The summed E-state index contributed by atoms with van der Waals surface area (Å²) >= 11 is 0. The molecule has 2 aromatic carbocycles. The van der Waals surface area contributed by atoms with Crippen LogP contribution in [-0.4, -0.2) is 0 Å². The molecule has 2 rings (SSSR count). The Morgan fingerprint density at radius 2 is 0.760 bits per heavy atom. The van der Waals surface area contributed by atoms with Crippen LogP contribution in [0.2, 0.25) is 0 Å². The van der Waals surface area contributed by atoms with E-state index in [-0.39, 0.29) is 24.3 Å². The molecule has 0 aliphatic rings. The molecule has 1 nitrogen and oxygen atoms in total. The molecule has 0 atom stereocenters. The monoisotopic (exact) mass is 378 g/mol. The lowest BCUT2D eigenvalue weighted by atomic mass is 10.1. The summed E-state index contributed by atoms with van der Waals surface area (Å²) in [4.78, 5) is 0. The van der Waals surface area contributed by atoms with Gasteiger partial charge < -0.3 is 4.74 Å². The first-order chi connectivity index (χ1) is 11.3. The molecule has 0 aliphatic heterocycles. The third kappa shape index (κ3) is 3.97. The predicted octanol–water partition coefficient (Wildman–Crippen LogP) is 6.07. The second-order valence-electron chi connectivity index (χ2n) is 4.62. The van der Waals surface area contributed by atoms with Gasteiger partial charge in [-0.1, -0.05) is 0 Å². The number of rotatable bonds is 2. The number of alkyl halides is 6. The Morgan fingerprint density at radius 1 is 0.520 bits per heavy atom. The maximum Gasteiger partial charge on any atom is 0.422 e. The molecule has 136 valence electrons. The van der Waals surface area contributed by atoms with Crippen molar-refractivity contribution in [3.05, 3.63) is 58.7 Å². The Labute approximate surface area is 132 Å². The molecule has 0 heterocycles. The average Bonchev–Trinajstić information content (AvgIpc) is 2.32. The molecule has 0 saturated carbocycles. The van der Waals surface area contributed by atoms with E-state index < -0.39 is 58.2 Å². The van der Waals surface area contributed by atoms with Crippen LogP contribution in [0.4, 0.5) is 43.9 Å². The number of halogens is 10. The largest absolute Gasteiger partial charge is 0.457 e. The van der Waals surface area contributed by atoms with Gasteiger partial charge in [0.1, 0.15) is 45.9 Å². The van der Waals surface area contributed by atoms with E-state index in [0.29, 0.717) is 0 Å². The number of benzene rings is 2. The maximum absolute atomic E-state index is 13.4. The van der Waals surface area contributed by atoms with Crippen molar-refractivity contribution in [2.24, 2.45) is 0 Å². The van der Waals surface area contributed by atoms with Crippen molar-refractivity contribution in [2.75, 3.05) is 0 Å². The van der Waals surface area contributed by atoms with Crippen LogP contribution in [0.5, 0.6) is 11.5 Å². The molecule has 0 aromatic heterocycles. The van der Waals surface area contributed by atoms with Gasteiger partial charge in [0.05, 0.1) is 0 Å². The van der Waals surface area contributed by atoms with Crippen LogP contribution in [0.3, 0.4) is 0 Å². The van der Waals surface area contributed by atoms with E-state index >= 15 is 0 Å². The van der Waals surface area contributed by atoms with E-state index in [4.69, 9.17) is 0 Å². The highest BCUT2D eigenvalue weighted by Crippen LogP contribution is 2.38. The Hall–Kier alpha value is -2.46. The van der Waals surface area contributed by atoms with Gasteiger partial charge in [0, 0.05) is 24.3 Å². The molecule has 0 fully saturated rings. The third-order valence-electron chi connectivity index (χ3n) is 2.83. The Morgan fingerprint density at radius 3 is 0.960 bits per heavy atom. The van der Waals surface area contributed by atoms with E-state index in [1.807, 2.05) is 0 Å². The second kappa shape index (κ2) is 6.12. The summed E-state index contributed by atoms with van der Waals surface area (Å²) < 4.78 is 132. The molecular weight excluding hydrogens is 374 g/mol. The Kier molecular flexibility index (Phi) is 4.62. The summed E-state index contributed by atoms with van der Waals surface area (Å²) in [6, 6.07) is 0.275. The fourth-order valence-electron chi connectivity index (χ4n) is 1.90. The van der Waals surface area contributed by atoms with Crippen molar-refractivity contribution in [3.63, 3.8) is 0 Å². The minimum Gasteiger partial charge on any atom is -0.457 e. The molecular formula is C14H4F10O. The molecule has 11 heteroatoms. The van der Waals surface area contributed by atoms with Crippen LogP contribution in [-0.2, 0) is 12.4 Å².